The van der Waals surface area contributed by atoms with Crippen molar-refractivity contribution in [3.05, 3.63) is 70.8 Å². The molecule has 3 atom stereocenters. The molecule has 1 amide bonds. The van der Waals surface area contributed by atoms with E-state index in [1.165, 1.54) is 17.7 Å². The molecule has 2 aromatic rings. The number of amides is 1. The van der Waals surface area contributed by atoms with Crippen molar-refractivity contribution in [3.63, 3.8) is 0 Å². The second-order valence-corrected chi connectivity index (χ2v) is 9.07. The molecule has 2 aliphatic rings. The van der Waals surface area contributed by atoms with Crippen molar-refractivity contribution >= 4 is 5.91 Å². The normalized spacial score (nSPS) is 21.3. The highest BCUT2D eigenvalue weighted by Gasteiger charge is 2.44. The number of aliphatic hydroxyl groups excluding tert-OH is 1. The van der Waals surface area contributed by atoms with E-state index >= 15 is 0 Å². The third kappa shape index (κ3) is 5.52. The van der Waals surface area contributed by atoms with Gasteiger partial charge in [-0.25, -0.2) is 8.78 Å². The predicted molar refractivity (Wildman–Crippen MR) is 117 cm³/mol. The summed E-state index contributed by atoms with van der Waals surface area (Å²) in [4.78, 5) is 11.6. The predicted octanol–water partition coefficient (Wildman–Crippen LogP) is 3.49. The molecular formula is C25H30F2N2O3. The lowest BCUT2D eigenvalue weighted by atomic mass is 9.90. The number of hydrogen-bond acceptors (Lipinski definition) is 4. The molecule has 1 aliphatic heterocycles. The number of nitrogens with two attached hydrogens (primary N) is 1. The van der Waals surface area contributed by atoms with E-state index < -0.39 is 29.6 Å². The summed E-state index contributed by atoms with van der Waals surface area (Å²) < 4.78 is 33.0. The topological polar surface area (TPSA) is 84.6 Å². The van der Waals surface area contributed by atoms with E-state index in [2.05, 4.69) is 23.5 Å². The zero-order valence-corrected chi connectivity index (χ0v) is 18.0. The largest absolute Gasteiger partial charge is 0.391 e. The summed E-state index contributed by atoms with van der Waals surface area (Å²) in [6.07, 6.45) is 3.33. The molecule has 1 saturated heterocycles. The van der Waals surface area contributed by atoms with Crippen LogP contribution < -0.4 is 11.1 Å². The summed E-state index contributed by atoms with van der Waals surface area (Å²) in [5.41, 5.74) is 7.89. The minimum atomic E-state index is -0.896. The molecule has 1 saturated carbocycles. The molecule has 0 bridgehead atoms. The van der Waals surface area contributed by atoms with Crippen molar-refractivity contribution in [3.8, 4) is 0 Å². The second kappa shape index (κ2) is 9.65. The summed E-state index contributed by atoms with van der Waals surface area (Å²) in [7, 11) is 0. The first-order valence-electron chi connectivity index (χ1n) is 11.2. The van der Waals surface area contributed by atoms with Gasteiger partial charge in [0.05, 0.1) is 12.2 Å². The van der Waals surface area contributed by atoms with Crippen LogP contribution in [-0.2, 0) is 21.5 Å². The van der Waals surface area contributed by atoms with Gasteiger partial charge in [-0.3, -0.25) is 4.79 Å². The van der Waals surface area contributed by atoms with Crippen LogP contribution in [-0.4, -0.2) is 30.3 Å². The van der Waals surface area contributed by atoms with Gasteiger partial charge in [0.25, 0.3) is 0 Å². The van der Waals surface area contributed by atoms with E-state index in [9.17, 15) is 18.7 Å². The number of ether oxygens (including phenoxy) is 1. The fourth-order valence-corrected chi connectivity index (χ4v) is 4.67. The molecule has 2 fully saturated rings. The maximum atomic E-state index is 13.6. The van der Waals surface area contributed by atoms with Crippen LogP contribution in [0.3, 0.4) is 0 Å². The fourth-order valence-electron chi connectivity index (χ4n) is 4.67. The maximum Gasteiger partial charge on any atom is 0.217 e. The van der Waals surface area contributed by atoms with Crippen LogP contribution in [0.4, 0.5) is 8.78 Å². The lowest BCUT2D eigenvalue weighted by molar-refractivity contribution is -0.119. The monoisotopic (exact) mass is 444 g/mol. The Labute approximate surface area is 187 Å². The van der Waals surface area contributed by atoms with Crippen molar-refractivity contribution in [2.24, 2.45) is 11.7 Å². The van der Waals surface area contributed by atoms with Crippen LogP contribution in [0, 0.1) is 17.6 Å². The Morgan fingerprint density at radius 3 is 2.59 bits per heavy atom. The highest BCUT2D eigenvalue weighted by Crippen LogP contribution is 2.46. The third-order valence-electron chi connectivity index (χ3n) is 6.57. The molecule has 0 radical (unpaired) electrons. The maximum absolute atomic E-state index is 13.6. The summed E-state index contributed by atoms with van der Waals surface area (Å²) >= 11 is 0. The van der Waals surface area contributed by atoms with Gasteiger partial charge in [-0.1, -0.05) is 24.3 Å². The van der Waals surface area contributed by atoms with Crippen LogP contribution in [0.2, 0.25) is 0 Å². The van der Waals surface area contributed by atoms with Crippen molar-refractivity contribution in [2.45, 2.75) is 56.3 Å². The smallest absolute Gasteiger partial charge is 0.217 e. The first-order chi connectivity index (χ1) is 15.3. The van der Waals surface area contributed by atoms with Crippen molar-refractivity contribution in [2.75, 3.05) is 13.2 Å². The lowest BCUT2D eigenvalue weighted by Gasteiger charge is -2.26. The first-order valence-corrected chi connectivity index (χ1v) is 11.2. The van der Waals surface area contributed by atoms with E-state index in [1.807, 2.05) is 6.07 Å². The van der Waals surface area contributed by atoms with E-state index in [0.717, 1.165) is 43.9 Å². The van der Waals surface area contributed by atoms with Crippen LogP contribution in [0.15, 0.2) is 42.5 Å². The SMILES string of the molecule is NC(=O)CC(Cc1cc(F)cc(F)c1)C(O)CNC1(c2cccc(C3CCCO3)c2)CC1. The molecule has 1 aliphatic carbocycles. The standard InChI is InChI=1S/C25H30F2N2O3/c26-20-10-16(11-21(27)14-20)9-18(13-24(28)31)22(30)15-29-25(6-7-25)19-4-1-3-17(12-19)23-5-2-8-32-23/h1,3-4,10-12,14,18,22-23,29-30H,2,5-9,13,15H2,(H2,28,31). The van der Waals surface area contributed by atoms with Crippen molar-refractivity contribution in [1.82, 2.24) is 5.32 Å². The minimum Gasteiger partial charge on any atom is -0.391 e. The molecule has 0 aromatic heterocycles. The van der Waals surface area contributed by atoms with Gasteiger partial charge in [-0.2, -0.15) is 0 Å². The van der Waals surface area contributed by atoms with E-state index in [1.54, 1.807) is 0 Å². The van der Waals surface area contributed by atoms with Gasteiger partial charge in [0.1, 0.15) is 11.6 Å². The Kier molecular flexibility index (Phi) is 6.88. The number of carbonyl (C=O) groups excluding carboxylic acids is 1. The molecule has 172 valence electrons. The molecular weight excluding hydrogens is 414 g/mol. The molecule has 4 N–H and O–H groups in total. The van der Waals surface area contributed by atoms with Crippen LogP contribution in [0.1, 0.15) is 54.9 Å². The average molecular weight is 445 g/mol. The quantitative estimate of drug-likeness (QED) is 0.524. The molecule has 3 unspecified atom stereocenters. The van der Waals surface area contributed by atoms with Gasteiger partial charge >= 0.3 is 0 Å². The summed E-state index contributed by atoms with van der Waals surface area (Å²) in [5.74, 6) is -2.48. The van der Waals surface area contributed by atoms with Crippen LogP contribution in [0.25, 0.3) is 0 Å². The summed E-state index contributed by atoms with van der Waals surface area (Å²) in [6, 6.07) is 11.6. The molecule has 5 nitrogen and oxygen atoms in total. The van der Waals surface area contributed by atoms with Crippen molar-refractivity contribution in [1.29, 1.82) is 0 Å². The molecule has 1 heterocycles. The van der Waals surface area contributed by atoms with Gasteiger partial charge in [-0.05, 0) is 66.8 Å². The molecule has 4 rings (SSSR count). The number of halogens is 2. The third-order valence-corrected chi connectivity index (χ3v) is 6.57. The van der Waals surface area contributed by atoms with Crippen LogP contribution in [0.5, 0.6) is 0 Å². The molecule has 2 aromatic carbocycles. The Morgan fingerprint density at radius 2 is 1.97 bits per heavy atom. The number of rotatable bonds is 10. The zero-order valence-electron chi connectivity index (χ0n) is 18.0. The number of hydrogen-bond donors (Lipinski definition) is 3. The van der Waals surface area contributed by atoms with E-state index in [-0.39, 0.29) is 31.0 Å². The highest BCUT2D eigenvalue weighted by atomic mass is 19.1. The number of nitrogens with one attached hydrogen (secondary N) is 1. The van der Waals surface area contributed by atoms with Gasteiger partial charge in [0.2, 0.25) is 5.91 Å². The number of carbonyl (C=O) groups is 1. The van der Waals surface area contributed by atoms with Gasteiger partial charge < -0.3 is 20.9 Å². The first kappa shape index (κ1) is 22.8. The molecule has 7 heteroatoms. The van der Waals surface area contributed by atoms with Crippen molar-refractivity contribution < 1.29 is 23.4 Å². The number of primary amides is 1. The number of aliphatic hydroxyl groups is 1. The number of benzene rings is 2. The fraction of sp³-hybridized carbons (Fsp3) is 0.480. The zero-order chi connectivity index (χ0) is 22.7. The van der Waals surface area contributed by atoms with E-state index in [0.29, 0.717) is 5.56 Å². The van der Waals surface area contributed by atoms with Gasteiger partial charge in [0.15, 0.2) is 0 Å². The summed E-state index contributed by atoms with van der Waals surface area (Å²) in [6.45, 7) is 1.04. The Bertz CT molecular complexity index is 938. The Balaban J connectivity index is 1.42. The van der Waals surface area contributed by atoms with Gasteiger partial charge in [-0.15, -0.1) is 0 Å². The second-order valence-electron chi connectivity index (χ2n) is 9.07. The van der Waals surface area contributed by atoms with Gasteiger partial charge in [0, 0.05) is 31.2 Å². The highest BCUT2D eigenvalue weighted by molar-refractivity contribution is 5.74. The van der Waals surface area contributed by atoms with E-state index in [4.69, 9.17) is 10.5 Å². The van der Waals surface area contributed by atoms with Crippen LogP contribution >= 0.6 is 0 Å². The Morgan fingerprint density at radius 1 is 1.22 bits per heavy atom. The summed E-state index contributed by atoms with van der Waals surface area (Å²) in [5, 5.41) is 14.3. The average Bonchev–Trinajstić information content (AvgIpc) is 3.33. The Hall–Kier alpha value is -2.35. The lowest BCUT2D eigenvalue weighted by Crippen LogP contribution is -2.40. The molecule has 0 spiro atoms. The minimum absolute atomic E-state index is 0.0670. The molecule has 32 heavy (non-hydrogen) atoms.